The van der Waals surface area contributed by atoms with E-state index in [0.29, 0.717) is 32.7 Å². The van der Waals surface area contributed by atoms with Crippen molar-refractivity contribution in [1.82, 2.24) is 0 Å². The normalized spacial score (nSPS) is 12.5. The molecule has 0 aliphatic rings. The molecule has 0 radical (unpaired) electrons. The second-order valence-electron chi connectivity index (χ2n) is 6.26. The van der Waals surface area contributed by atoms with Gasteiger partial charge in [0.05, 0.1) is 0 Å². The maximum Gasteiger partial charge on any atom is 0.295 e. The van der Waals surface area contributed by atoms with Gasteiger partial charge in [-0.05, 0) is 34.0 Å². The van der Waals surface area contributed by atoms with Crippen LogP contribution in [0, 0.1) is 0 Å². The monoisotopic (exact) mass is 414 g/mol. The molecule has 4 aromatic rings. The molecule has 4 rings (SSSR count). The fraction of sp³-hybridized carbons (Fsp3) is 0. The first-order valence-electron chi connectivity index (χ1n) is 8.17. The van der Waals surface area contributed by atoms with E-state index in [1.165, 1.54) is 12.1 Å². The molecule has 4 aromatic carbocycles. The molecule has 8 heteroatoms. The lowest BCUT2D eigenvalue weighted by atomic mass is 9.94. The van der Waals surface area contributed by atoms with E-state index in [4.69, 9.17) is 0 Å². The number of fused-ring (bicyclic) bond motifs is 2. The molecule has 0 fully saturated rings. The van der Waals surface area contributed by atoms with Gasteiger partial charge in [0.25, 0.3) is 20.2 Å². The topological polar surface area (TPSA) is 109 Å². The minimum atomic E-state index is -4.41. The van der Waals surface area contributed by atoms with E-state index in [2.05, 4.69) is 0 Å². The van der Waals surface area contributed by atoms with Gasteiger partial charge in [-0.2, -0.15) is 16.8 Å². The van der Waals surface area contributed by atoms with E-state index >= 15 is 0 Å². The van der Waals surface area contributed by atoms with Gasteiger partial charge >= 0.3 is 0 Å². The molecule has 0 amide bonds. The van der Waals surface area contributed by atoms with Crippen LogP contribution >= 0.6 is 0 Å². The third-order valence-electron chi connectivity index (χ3n) is 4.61. The van der Waals surface area contributed by atoms with Crippen LogP contribution in [0.25, 0.3) is 32.7 Å². The molecule has 2 N–H and O–H groups in total. The standard InChI is InChI=1S/C20H14O6S2/c21-27(22,23)19-11-9-15(13-5-1-3-7-17(13)19)16-10-12-20(28(24,25)26)18-8-4-2-6-14(16)18/h1-12H,(H,21,22,23)(H,24,25,26). The molecule has 0 aliphatic carbocycles. The second kappa shape index (κ2) is 6.39. The highest BCUT2D eigenvalue weighted by molar-refractivity contribution is 7.86. The van der Waals surface area contributed by atoms with E-state index in [1.807, 2.05) is 0 Å². The molecule has 0 spiro atoms. The highest BCUT2D eigenvalue weighted by atomic mass is 32.2. The minimum Gasteiger partial charge on any atom is -0.282 e. The van der Waals surface area contributed by atoms with Crippen LogP contribution in [0.4, 0.5) is 0 Å². The molecule has 0 aliphatic heterocycles. The zero-order valence-electron chi connectivity index (χ0n) is 14.3. The Morgan fingerprint density at radius 2 is 0.786 bits per heavy atom. The van der Waals surface area contributed by atoms with Crippen molar-refractivity contribution in [2.45, 2.75) is 9.79 Å². The van der Waals surface area contributed by atoms with E-state index in [1.54, 1.807) is 60.7 Å². The van der Waals surface area contributed by atoms with Gasteiger partial charge in [-0.15, -0.1) is 0 Å². The number of hydrogen-bond donors (Lipinski definition) is 2. The van der Waals surface area contributed by atoms with Crippen LogP contribution in [-0.4, -0.2) is 25.9 Å². The molecule has 0 saturated carbocycles. The van der Waals surface area contributed by atoms with Gasteiger partial charge < -0.3 is 0 Å². The minimum absolute atomic E-state index is 0.203. The third-order valence-corrected chi connectivity index (χ3v) is 6.44. The lowest BCUT2D eigenvalue weighted by molar-refractivity contribution is 0.482. The molecule has 0 unspecified atom stereocenters. The quantitative estimate of drug-likeness (QED) is 0.488. The van der Waals surface area contributed by atoms with Crippen molar-refractivity contribution in [3.8, 4) is 11.1 Å². The lowest BCUT2D eigenvalue weighted by Gasteiger charge is -2.14. The molecular formula is C20H14O6S2. The van der Waals surface area contributed by atoms with Crippen molar-refractivity contribution in [2.24, 2.45) is 0 Å². The Labute approximate surface area is 161 Å². The van der Waals surface area contributed by atoms with Gasteiger partial charge in [0.15, 0.2) is 0 Å². The number of benzene rings is 4. The zero-order chi connectivity index (χ0) is 20.1. The Morgan fingerprint density at radius 3 is 1.11 bits per heavy atom. The summed E-state index contributed by atoms with van der Waals surface area (Å²) in [5.74, 6) is 0. The molecule has 142 valence electrons. The highest BCUT2D eigenvalue weighted by Crippen LogP contribution is 2.38. The van der Waals surface area contributed by atoms with Crippen LogP contribution in [0.5, 0.6) is 0 Å². The highest BCUT2D eigenvalue weighted by Gasteiger charge is 2.19. The van der Waals surface area contributed by atoms with Crippen LogP contribution in [-0.2, 0) is 20.2 Å². The summed E-state index contributed by atoms with van der Waals surface area (Å²) in [7, 11) is -8.82. The molecule has 0 aromatic heterocycles. The SMILES string of the molecule is O=S(=O)(O)c1ccc(-c2ccc(S(=O)(=O)O)c3ccccc23)c2ccccc12. The summed E-state index contributed by atoms with van der Waals surface area (Å²) in [4.78, 5) is -0.406. The van der Waals surface area contributed by atoms with Crippen molar-refractivity contribution in [2.75, 3.05) is 0 Å². The smallest absolute Gasteiger partial charge is 0.282 e. The lowest BCUT2D eigenvalue weighted by Crippen LogP contribution is -2.01. The molecule has 6 nitrogen and oxygen atoms in total. The fourth-order valence-electron chi connectivity index (χ4n) is 3.46. The van der Waals surface area contributed by atoms with Crippen molar-refractivity contribution >= 4 is 41.8 Å². The summed E-state index contributed by atoms with van der Waals surface area (Å²) in [6.07, 6.45) is 0. The summed E-state index contributed by atoms with van der Waals surface area (Å²) in [5, 5.41) is 1.88. The average Bonchev–Trinajstić information content (AvgIpc) is 2.64. The van der Waals surface area contributed by atoms with E-state index in [9.17, 15) is 25.9 Å². The van der Waals surface area contributed by atoms with Gasteiger partial charge in [-0.3, -0.25) is 9.11 Å². The second-order valence-corrected chi connectivity index (χ2v) is 9.04. The first kappa shape index (κ1) is 18.6. The molecule has 0 heterocycles. The Hall–Kier alpha value is -2.78. The Kier molecular flexibility index (Phi) is 4.24. The van der Waals surface area contributed by atoms with Crippen LogP contribution in [0.15, 0.2) is 82.6 Å². The summed E-state index contributed by atoms with van der Waals surface area (Å²) in [6.45, 7) is 0. The first-order valence-corrected chi connectivity index (χ1v) is 11.0. The van der Waals surface area contributed by atoms with Crippen molar-refractivity contribution in [1.29, 1.82) is 0 Å². The molecule has 28 heavy (non-hydrogen) atoms. The van der Waals surface area contributed by atoms with Crippen LogP contribution < -0.4 is 0 Å². The van der Waals surface area contributed by atoms with Crippen molar-refractivity contribution in [3.63, 3.8) is 0 Å². The largest absolute Gasteiger partial charge is 0.295 e. The predicted molar refractivity (Wildman–Crippen MR) is 107 cm³/mol. The van der Waals surface area contributed by atoms with Crippen LogP contribution in [0.2, 0.25) is 0 Å². The molecule has 0 atom stereocenters. The number of rotatable bonds is 3. The zero-order valence-corrected chi connectivity index (χ0v) is 15.9. The van der Waals surface area contributed by atoms with E-state index < -0.39 is 20.2 Å². The maximum absolute atomic E-state index is 11.7. The van der Waals surface area contributed by atoms with E-state index in [0.717, 1.165) is 0 Å². The Bertz CT molecular complexity index is 1340. The van der Waals surface area contributed by atoms with Gasteiger partial charge in [-0.1, -0.05) is 60.7 Å². The van der Waals surface area contributed by atoms with Crippen LogP contribution in [0.1, 0.15) is 0 Å². The first-order chi connectivity index (χ1) is 13.2. The summed E-state index contributed by atoms with van der Waals surface area (Å²) < 4.78 is 65.9. The predicted octanol–water partition coefficient (Wildman–Crippen LogP) is 4.15. The van der Waals surface area contributed by atoms with Crippen molar-refractivity contribution < 1.29 is 25.9 Å². The summed E-state index contributed by atoms with van der Waals surface area (Å²) in [5.41, 5.74) is 1.34. The van der Waals surface area contributed by atoms with Gasteiger partial charge in [-0.25, -0.2) is 0 Å². The van der Waals surface area contributed by atoms with Crippen molar-refractivity contribution in [3.05, 3.63) is 72.8 Å². The maximum atomic E-state index is 11.7. The molecular weight excluding hydrogens is 400 g/mol. The summed E-state index contributed by atoms with van der Waals surface area (Å²) >= 11 is 0. The van der Waals surface area contributed by atoms with Gasteiger partial charge in [0, 0.05) is 10.8 Å². The summed E-state index contributed by atoms with van der Waals surface area (Å²) in [6, 6.07) is 19.2. The number of hydrogen-bond acceptors (Lipinski definition) is 4. The average molecular weight is 414 g/mol. The molecule has 0 bridgehead atoms. The molecule has 0 saturated heterocycles. The fourth-order valence-corrected chi connectivity index (χ4v) is 4.85. The Balaban J connectivity index is 2.12. The van der Waals surface area contributed by atoms with Crippen LogP contribution in [0.3, 0.4) is 0 Å². The Morgan fingerprint density at radius 1 is 0.464 bits per heavy atom. The van der Waals surface area contributed by atoms with Gasteiger partial charge in [0.2, 0.25) is 0 Å². The third kappa shape index (κ3) is 3.06. The van der Waals surface area contributed by atoms with E-state index in [-0.39, 0.29) is 9.79 Å². The van der Waals surface area contributed by atoms with Gasteiger partial charge in [0.1, 0.15) is 9.79 Å².